The number of para-hydroxylation sites is 1. The van der Waals surface area contributed by atoms with Crippen LogP contribution in [0.3, 0.4) is 0 Å². The van der Waals surface area contributed by atoms with Crippen molar-refractivity contribution in [3.8, 4) is 22.8 Å². The van der Waals surface area contributed by atoms with Gasteiger partial charge in [0.15, 0.2) is 5.43 Å². The van der Waals surface area contributed by atoms with Crippen molar-refractivity contribution < 1.29 is 23.4 Å². The zero-order chi connectivity index (χ0) is 19.4. The second-order valence-corrected chi connectivity index (χ2v) is 5.78. The van der Waals surface area contributed by atoms with Crippen LogP contribution in [0, 0.1) is 0 Å². The molecule has 0 spiro atoms. The summed E-state index contributed by atoms with van der Waals surface area (Å²) in [5.41, 5.74) is 0.900. The number of rotatable bonds is 6. The first-order valence-electron chi connectivity index (χ1n) is 8.51. The Bertz CT molecular complexity index is 1030. The third-order valence-corrected chi connectivity index (χ3v) is 4.17. The van der Waals surface area contributed by atoms with Crippen LogP contribution in [0.1, 0.15) is 12.5 Å². The standard InChI is InChI=1S/C21H20O6/c1-4-26-19(22)12-16-20(23)14-7-5-6-8-18(14)27-21(16)15-11-13(24-2)9-10-17(15)25-3/h5-11H,4,12H2,1-3H3. The van der Waals surface area contributed by atoms with Gasteiger partial charge in [0.25, 0.3) is 0 Å². The topological polar surface area (TPSA) is 75.0 Å². The van der Waals surface area contributed by atoms with Crippen LogP contribution in [0.5, 0.6) is 11.5 Å². The minimum absolute atomic E-state index is 0.198. The minimum atomic E-state index is -0.497. The molecule has 0 bridgehead atoms. The maximum atomic E-state index is 13.1. The van der Waals surface area contributed by atoms with E-state index in [1.807, 2.05) is 0 Å². The molecule has 0 atom stereocenters. The number of methoxy groups -OCH3 is 2. The lowest BCUT2D eigenvalue weighted by atomic mass is 10.0. The molecule has 0 amide bonds. The summed E-state index contributed by atoms with van der Waals surface area (Å²) in [6.07, 6.45) is -0.198. The normalized spacial score (nSPS) is 10.6. The molecule has 3 rings (SSSR count). The Balaban J connectivity index is 2.31. The summed E-state index contributed by atoms with van der Waals surface area (Å²) in [5.74, 6) is 0.841. The van der Waals surface area contributed by atoms with E-state index in [4.69, 9.17) is 18.6 Å². The lowest BCUT2D eigenvalue weighted by Gasteiger charge is -2.14. The SMILES string of the molecule is CCOC(=O)Cc1c(-c2cc(OC)ccc2OC)oc2ccccc2c1=O. The molecule has 0 N–H and O–H groups in total. The van der Waals surface area contributed by atoms with Gasteiger partial charge in [-0.1, -0.05) is 12.1 Å². The maximum absolute atomic E-state index is 13.1. The smallest absolute Gasteiger partial charge is 0.310 e. The number of carbonyl (C=O) groups is 1. The van der Waals surface area contributed by atoms with Crippen molar-refractivity contribution in [2.45, 2.75) is 13.3 Å². The van der Waals surface area contributed by atoms with Gasteiger partial charge in [0.05, 0.1) is 43.8 Å². The molecule has 2 aromatic carbocycles. The van der Waals surface area contributed by atoms with Gasteiger partial charge in [0, 0.05) is 0 Å². The van der Waals surface area contributed by atoms with Crippen molar-refractivity contribution in [3.63, 3.8) is 0 Å². The highest BCUT2D eigenvalue weighted by Gasteiger charge is 2.22. The molecular weight excluding hydrogens is 348 g/mol. The van der Waals surface area contributed by atoms with Gasteiger partial charge in [-0.15, -0.1) is 0 Å². The maximum Gasteiger partial charge on any atom is 0.310 e. The van der Waals surface area contributed by atoms with E-state index in [2.05, 4.69) is 0 Å². The summed E-state index contributed by atoms with van der Waals surface area (Å²) in [4.78, 5) is 25.2. The van der Waals surface area contributed by atoms with Crippen LogP contribution < -0.4 is 14.9 Å². The van der Waals surface area contributed by atoms with Crippen molar-refractivity contribution in [2.75, 3.05) is 20.8 Å². The summed E-state index contributed by atoms with van der Waals surface area (Å²) >= 11 is 0. The molecule has 140 valence electrons. The molecule has 1 heterocycles. The second kappa shape index (κ2) is 7.95. The molecule has 27 heavy (non-hydrogen) atoms. The van der Waals surface area contributed by atoms with E-state index in [0.717, 1.165) is 0 Å². The van der Waals surface area contributed by atoms with Crippen molar-refractivity contribution in [3.05, 3.63) is 58.3 Å². The van der Waals surface area contributed by atoms with E-state index in [0.29, 0.717) is 28.0 Å². The first-order valence-corrected chi connectivity index (χ1v) is 8.51. The van der Waals surface area contributed by atoms with Crippen LogP contribution in [0.15, 0.2) is 51.7 Å². The fourth-order valence-corrected chi connectivity index (χ4v) is 2.91. The third-order valence-electron chi connectivity index (χ3n) is 4.17. The second-order valence-electron chi connectivity index (χ2n) is 5.78. The zero-order valence-corrected chi connectivity index (χ0v) is 15.4. The van der Waals surface area contributed by atoms with Crippen molar-refractivity contribution in [1.82, 2.24) is 0 Å². The molecule has 0 unspecified atom stereocenters. The van der Waals surface area contributed by atoms with Crippen LogP contribution in [0.2, 0.25) is 0 Å². The Hall–Kier alpha value is -3.28. The summed E-state index contributed by atoms with van der Waals surface area (Å²) in [7, 11) is 3.07. The summed E-state index contributed by atoms with van der Waals surface area (Å²) in [6, 6.07) is 12.1. The predicted octanol–water partition coefficient (Wildman–Crippen LogP) is 3.58. The molecule has 6 heteroatoms. The first kappa shape index (κ1) is 18.5. The minimum Gasteiger partial charge on any atom is -0.497 e. The Morgan fingerprint density at radius 1 is 1.07 bits per heavy atom. The number of ether oxygens (including phenoxy) is 3. The average molecular weight is 368 g/mol. The molecule has 0 aliphatic rings. The number of fused-ring (bicyclic) bond motifs is 1. The van der Waals surface area contributed by atoms with Gasteiger partial charge in [-0.05, 0) is 37.3 Å². The first-order chi connectivity index (χ1) is 13.1. The molecule has 0 radical (unpaired) electrons. The van der Waals surface area contributed by atoms with Crippen LogP contribution in [-0.2, 0) is 16.0 Å². The molecule has 0 fully saturated rings. The Kier molecular flexibility index (Phi) is 5.45. The van der Waals surface area contributed by atoms with E-state index in [1.165, 1.54) is 7.11 Å². The zero-order valence-electron chi connectivity index (χ0n) is 15.4. The van der Waals surface area contributed by atoms with Gasteiger partial charge in [0.2, 0.25) is 0 Å². The van der Waals surface area contributed by atoms with E-state index in [1.54, 1.807) is 56.5 Å². The molecular formula is C21H20O6. The lowest BCUT2D eigenvalue weighted by Crippen LogP contribution is -2.17. The van der Waals surface area contributed by atoms with Gasteiger partial charge in [-0.3, -0.25) is 9.59 Å². The van der Waals surface area contributed by atoms with E-state index < -0.39 is 5.97 Å². The Labute approximate surface area is 156 Å². The molecule has 3 aromatic rings. The van der Waals surface area contributed by atoms with Crippen molar-refractivity contribution >= 4 is 16.9 Å². The third kappa shape index (κ3) is 3.65. The van der Waals surface area contributed by atoms with E-state index in [-0.39, 0.29) is 29.8 Å². The van der Waals surface area contributed by atoms with Gasteiger partial charge < -0.3 is 18.6 Å². The molecule has 6 nitrogen and oxygen atoms in total. The van der Waals surface area contributed by atoms with Crippen LogP contribution in [0.25, 0.3) is 22.3 Å². The van der Waals surface area contributed by atoms with E-state index >= 15 is 0 Å². The summed E-state index contributed by atoms with van der Waals surface area (Å²) in [5, 5.41) is 0.405. The predicted molar refractivity (Wildman–Crippen MR) is 101 cm³/mol. The Morgan fingerprint density at radius 2 is 1.85 bits per heavy atom. The highest BCUT2D eigenvalue weighted by atomic mass is 16.5. The van der Waals surface area contributed by atoms with Crippen molar-refractivity contribution in [1.29, 1.82) is 0 Å². The van der Waals surface area contributed by atoms with Crippen LogP contribution >= 0.6 is 0 Å². The van der Waals surface area contributed by atoms with Gasteiger partial charge in [-0.25, -0.2) is 0 Å². The highest BCUT2D eigenvalue weighted by molar-refractivity contribution is 5.85. The van der Waals surface area contributed by atoms with Crippen LogP contribution in [0.4, 0.5) is 0 Å². The monoisotopic (exact) mass is 368 g/mol. The Morgan fingerprint density at radius 3 is 2.56 bits per heavy atom. The summed E-state index contributed by atoms with van der Waals surface area (Å²) < 4.78 is 21.8. The molecule has 1 aromatic heterocycles. The number of hydrogen-bond donors (Lipinski definition) is 0. The van der Waals surface area contributed by atoms with Gasteiger partial charge in [0.1, 0.15) is 22.8 Å². The van der Waals surface area contributed by atoms with E-state index in [9.17, 15) is 9.59 Å². The lowest BCUT2D eigenvalue weighted by molar-refractivity contribution is -0.142. The average Bonchev–Trinajstić information content (AvgIpc) is 2.69. The molecule has 0 saturated carbocycles. The fourth-order valence-electron chi connectivity index (χ4n) is 2.91. The van der Waals surface area contributed by atoms with Gasteiger partial charge >= 0.3 is 5.97 Å². The number of carbonyl (C=O) groups excluding carboxylic acids is 1. The van der Waals surface area contributed by atoms with Crippen molar-refractivity contribution in [2.24, 2.45) is 0 Å². The van der Waals surface area contributed by atoms with Gasteiger partial charge in [-0.2, -0.15) is 0 Å². The largest absolute Gasteiger partial charge is 0.497 e. The quantitative estimate of drug-likeness (QED) is 0.619. The molecule has 0 aliphatic heterocycles. The number of benzene rings is 2. The summed E-state index contributed by atoms with van der Waals surface area (Å²) in [6.45, 7) is 1.95. The number of hydrogen-bond acceptors (Lipinski definition) is 6. The fraction of sp³-hybridized carbons (Fsp3) is 0.238. The highest BCUT2D eigenvalue weighted by Crippen LogP contribution is 2.36. The van der Waals surface area contributed by atoms with Crippen LogP contribution in [-0.4, -0.2) is 26.8 Å². The molecule has 0 aliphatic carbocycles. The number of esters is 1. The molecule has 0 saturated heterocycles.